The average molecular weight is 257 g/mol. The molecule has 0 rings (SSSR count). The van der Waals surface area contributed by atoms with E-state index < -0.39 is 0 Å². The van der Waals surface area contributed by atoms with Crippen molar-refractivity contribution < 1.29 is 0 Å². The Bertz CT molecular complexity index is 87.4. The predicted octanol–water partition coefficient (Wildman–Crippen LogP) is 0.648. The molecule has 0 fully saturated rings. The maximum atomic E-state index is 3.78. The Morgan fingerprint density at radius 2 is 2.25 bits per heavy atom. The lowest BCUT2D eigenvalue weighted by molar-refractivity contribution is 1.19. The number of hydrogen-bond acceptors (Lipinski definition) is 1. The molecule has 0 bridgehead atoms. The van der Waals surface area contributed by atoms with Crippen molar-refractivity contribution in [3.05, 3.63) is 12.3 Å². The molecule has 0 saturated heterocycles. The Balaban J connectivity index is 3.25. The SMILES string of the molecule is C=C(CB(Br)Br)N[SiH3]. The van der Waals surface area contributed by atoms with Gasteiger partial charge in [0.1, 0.15) is 10.4 Å². The largest absolute Gasteiger partial charge is 0.423 e. The van der Waals surface area contributed by atoms with Crippen LogP contribution in [0.5, 0.6) is 0 Å². The Labute approximate surface area is 69.8 Å². The van der Waals surface area contributed by atoms with Gasteiger partial charge in [0.2, 0.25) is 0 Å². The van der Waals surface area contributed by atoms with E-state index in [0.29, 0.717) is 4.36 Å². The van der Waals surface area contributed by atoms with E-state index in [1.54, 1.807) is 0 Å². The van der Waals surface area contributed by atoms with Gasteiger partial charge in [0.15, 0.2) is 0 Å². The van der Waals surface area contributed by atoms with Gasteiger partial charge in [0.05, 0.1) is 0 Å². The monoisotopic (exact) mass is 255 g/mol. The van der Waals surface area contributed by atoms with Gasteiger partial charge in [-0.3, -0.25) is 0 Å². The van der Waals surface area contributed by atoms with Crippen LogP contribution in [-0.2, 0) is 0 Å². The molecular weight excluding hydrogens is 249 g/mol. The van der Waals surface area contributed by atoms with Gasteiger partial charge in [0, 0.05) is 0 Å². The van der Waals surface area contributed by atoms with Crippen molar-refractivity contribution in [3.8, 4) is 0 Å². The zero-order valence-corrected chi connectivity index (χ0v) is 9.92. The number of rotatable bonds is 3. The van der Waals surface area contributed by atoms with Crippen molar-refractivity contribution in [2.45, 2.75) is 6.32 Å². The van der Waals surface area contributed by atoms with Crippen molar-refractivity contribution >= 4 is 46.3 Å². The van der Waals surface area contributed by atoms with Crippen LogP contribution in [-0.4, -0.2) is 14.8 Å². The van der Waals surface area contributed by atoms with Gasteiger partial charge in [-0.15, -0.1) is 31.5 Å². The normalized spacial score (nSPS) is 8.75. The quantitative estimate of drug-likeness (QED) is 0.732. The molecule has 1 nitrogen and oxygen atoms in total. The lowest BCUT2D eigenvalue weighted by atomic mass is 10.0. The molecule has 0 aliphatic heterocycles. The minimum atomic E-state index is 0.365. The molecule has 0 aliphatic rings. The van der Waals surface area contributed by atoms with Crippen LogP contribution < -0.4 is 4.98 Å². The second-order valence-corrected chi connectivity index (χ2v) is 5.39. The molecule has 0 radical (unpaired) electrons. The van der Waals surface area contributed by atoms with E-state index in [1.165, 1.54) is 0 Å². The maximum absolute atomic E-state index is 3.78. The number of allylic oxidation sites excluding steroid dienone is 1. The summed E-state index contributed by atoms with van der Waals surface area (Å²) in [4.78, 5) is 3.08. The fourth-order valence-electron chi connectivity index (χ4n) is 0.288. The lowest BCUT2D eigenvalue weighted by Gasteiger charge is -2.01. The van der Waals surface area contributed by atoms with Gasteiger partial charge in [0.25, 0.3) is 0 Å². The van der Waals surface area contributed by atoms with Gasteiger partial charge >= 0.3 is 4.36 Å². The smallest absolute Gasteiger partial charge is 0.304 e. The molecule has 8 heavy (non-hydrogen) atoms. The molecular formula is C3H8BBr2NSi. The Hall–Kier alpha value is 0.782. The molecule has 0 aromatic heterocycles. The van der Waals surface area contributed by atoms with Crippen LogP contribution in [0.4, 0.5) is 0 Å². The fraction of sp³-hybridized carbons (Fsp3) is 0.333. The first kappa shape index (κ1) is 8.78. The second-order valence-electron chi connectivity index (χ2n) is 1.45. The Morgan fingerprint density at radius 1 is 1.75 bits per heavy atom. The van der Waals surface area contributed by atoms with Gasteiger partial charge < -0.3 is 4.98 Å². The van der Waals surface area contributed by atoms with E-state index in [0.717, 1.165) is 22.4 Å². The van der Waals surface area contributed by atoms with Crippen LogP contribution >= 0.6 is 31.5 Å². The van der Waals surface area contributed by atoms with Crippen LogP contribution in [0.15, 0.2) is 12.3 Å². The molecule has 0 spiro atoms. The van der Waals surface area contributed by atoms with Crippen molar-refractivity contribution in [2.24, 2.45) is 0 Å². The van der Waals surface area contributed by atoms with Gasteiger partial charge in [-0.2, -0.15) is 0 Å². The molecule has 0 aliphatic carbocycles. The Kier molecular flexibility index (Phi) is 5.09. The summed E-state index contributed by atoms with van der Waals surface area (Å²) in [5.41, 5.74) is 1.09. The summed E-state index contributed by atoms with van der Waals surface area (Å²) in [5.74, 6) is 0. The highest BCUT2D eigenvalue weighted by molar-refractivity contribution is 9.49. The van der Waals surface area contributed by atoms with E-state index in [4.69, 9.17) is 0 Å². The molecule has 5 heteroatoms. The van der Waals surface area contributed by atoms with E-state index in [2.05, 4.69) is 43.1 Å². The third kappa shape index (κ3) is 4.93. The first-order valence-corrected chi connectivity index (χ1v) is 5.13. The van der Waals surface area contributed by atoms with Crippen molar-refractivity contribution in [1.82, 2.24) is 4.98 Å². The Morgan fingerprint density at radius 3 is 2.38 bits per heavy atom. The van der Waals surface area contributed by atoms with E-state index >= 15 is 0 Å². The molecule has 0 heterocycles. The first-order valence-electron chi connectivity index (χ1n) is 2.30. The molecule has 0 saturated carbocycles. The summed E-state index contributed by atoms with van der Waals surface area (Å²) >= 11 is 6.69. The topological polar surface area (TPSA) is 12.0 Å². The molecule has 46 valence electrons. The lowest BCUT2D eigenvalue weighted by Crippen LogP contribution is -2.09. The van der Waals surface area contributed by atoms with Crippen molar-refractivity contribution in [2.75, 3.05) is 0 Å². The molecule has 0 amide bonds. The fourth-order valence-corrected chi connectivity index (χ4v) is 1.27. The highest BCUT2D eigenvalue weighted by Crippen LogP contribution is 2.11. The number of hydrogen-bond donors (Lipinski definition) is 1. The third-order valence-corrected chi connectivity index (χ3v) is 2.11. The molecule has 1 N–H and O–H groups in total. The van der Waals surface area contributed by atoms with Crippen LogP contribution in [0.1, 0.15) is 0 Å². The summed E-state index contributed by atoms with van der Waals surface area (Å²) in [6, 6.07) is 0. The highest BCUT2D eigenvalue weighted by atomic mass is 79.9. The van der Waals surface area contributed by atoms with Crippen LogP contribution in [0, 0.1) is 0 Å². The van der Waals surface area contributed by atoms with Crippen LogP contribution in [0.2, 0.25) is 6.32 Å². The minimum Gasteiger partial charge on any atom is -0.423 e. The van der Waals surface area contributed by atoms with Crippen molar-refractivity contribution in [3.63, 3.8) is 0 Å². The summed E-state index contributed by atoms with van der Waals surface area (Å²) in [7, 11) is 0.987. The third-order valence-electron chi connectivity index (χ3n) is 0.754. The van der Waals surface area contributed by atoms with E-state index in [1.807, 2.05) is 0 Å². The standard InChI is InChI=1S/C3H8BBr2NSi/c1-3(7-8)2-4(5)6/h7H,1-2H2,8H3. The van der Waals surface area contributed by atoms with Crippen LogP contribution in [0.3, 0.4) is 0 Å². The first-order chi connectivity index (χ1) is 3.66. The number of nitrogens with one attached hydrogen (secondary N) is 1. The van der Waals surface area contributed by atoms with E-state index in [9.17, 15) is 0 Å². The second kappa shape index (κ2) is 4.64. The van der Waals surface area contributed by atoms with Gasteiger partial charge in [-0.25, -0.2) is 0 Å². The van der Waals surface area contributed by atoms with Gasteiger partial charge in [-0.1, -0.05) is 6.58 Å². The van der Waals surface area contributed by atoms with Crippen molar-refractivity contribution in [1.29, 1.82) is 0 Å². The number of halogens is 2. The zero-order chi connectivity index (χ0) is 6.57. The summed E-state index contributed by atoms with van der Waals surface area (Å²) in [6.07, 6.45) is 0.948. The molecule has 0 unspecified atom stereocenters. The maximum Gasteiger partial charge on any atom is 0.304 e. The summed E-state index contributed by atoms with van der Waals surface area (Å²) < 4.78 is 0.365. The molecule has 0 aromatic carbocycles. The van der Waals surface area contributed by atoms with E-state index in [-0.39, 0.29) is 0 Å². The van der Waals surface area contributed by atoms with Gasteiger partial charge in [-0.05, 0) is 12.0 Å². The zero-order valence-electron chi connectivity index (χ0n) is 4.75. The summed E-state index contributed by atoms with van der Waals surface area (Å²) in [6.45, 7) is 3.78. The van der Waals surface area contributed by atoms with Crippen LogP contribution in [0.25, 0.3) is 0 Å². The average Bonchev–Trinajstić information content (AvgIpc) is 1.65. The minimum absolute atomic E-state index is 0.365. The highest BCUT2D eigenvalue weighted by Gasteiger charge is 2.03. The summed E-state index contributed by atoms with van der Waals surface area (Å²) in [5, 5.41) is 0. The predicted molar refractivity (Wildman–Crippen MR) is 50.6 cm³/mol. The molecule has 0 aromatic rings. The molecule has 0 atom stereocenters.